The normalized spacial score (nSPS) is 10.5. The van der Waals surface area contributed by atoms with Gasteiger partial charge in [-0.25, -0.2) is 0 Å². The quantitative estimate of drug-likeness (QED) is 0.441. The summed E-state index contributed by atoms with van der Waals surface area (Å²) in [7, 11) is 0. The van der Waals surface area contributed by atoms with Crippen molar-refractivity contribution in [1.82, 2.24) is 0 Å². The van der Waals surface area contributed by atoms with Crippen molar-refractivity contribution in [2.75, 3.05) is 5.33 Å². The molecule has 0 amide bonds. The van der Waals surface area contributed by atoms with E-state index in [4.69, 9.17) is 0 Å². The number of aldehydes is 1. The minimum atomic E-state index is -4.54. The smallest absolute Gasteiger partial charge is 0.298 e. The lowest BCUT2D eigenvalue weighted by Gasteiger charge is -2.09. The zero-order chi connectivity index (χ0) is 12.2. The molecule has 0 atom stereocenters. The van der Waals surface area contributed by atoms with Crippen molar-refractivity contribution in [3.63, 3.8) is 0 Å². The van der Waals surface area contributed by atoms with E-state index in [0.29, 0.717) is 5.33 Å². The fraction of sp³-hybridized carbons (Fsp3) is 0.182. The van der Waals surface area contributed by atoms with Crippen LogP contribution in [0, 0.1) is 11.8 Å². The molecular weight excluding hydrogens is 285 g/mol. The largest absolute Gasteiger partial charge is 0.417 e. The van der Waals surface area contributed by atoms with E-state index in [1.54, 1.807) is 0 Å². The predicted octanol–water partition coefficient (Wildman–Crippen LogP) is 3.26. The molecule has 16 heavy (non-hydrogen) atoms. The van der Waals surface area contributed by atoms with E-state index in [0.717, 1.165) is 12.1 Å². The molecule has 0 heterocycles. The maximum atomic E-state index is 12.5. The van der Waals surface area contributed by atoms with Gasteiger partial charge in [0.25, 0.3) is 0 Å². The summed E-state index contributed by atoms with van der Waals surface area (Å²) < 4.78 is 37.6. The number of halogens is 4. The Labute approximate surface area is 98.8 Å². The first-order valence-electron chi connectivity index (χ1n) is 4.20. The van der Waals surface area contributed by atoms with Gasteiger partial charge in [-0.05, 0) is 18.2 Å². The van der Waals surface area contributed by atoms with Gasteiger partial charge in [-0.15, -0.1) is 0 Å². The molecule has 0 N–H and O–H groups in total. The molecule has 0 spiro atoms. The molecule has 1 nitrogen and oxygen atoms in total. The van der Waals surface area contributed by atoms with Crippen molar-refractivity contribution in [3.8, 4) is 11.8 Å². The third-order valence-electron chi connectivity index (χ3n) is 1.79. The van der Waals surface area contributed by atoms with Gasteiger partial charge in [-0.1, -0.05) is 27.8 Å². The molecule has 84 valence electrons. The molecule has 0 aliphatic rings. The van der Waals surface area contributed by atoms with Gasteiger partial charge in [0.1, 0.15) is 0 Å². The summed E-state index contributed by atoms with van der Waals surface area (Å²) in [5.41, 5.74) is -1.10. The van der Waals surface area contributed by atoms with Gasteiger partial charge in [0.15, 0.2) is 6.29 Å². The van der Waals surface area contributed by atoms with Crippen molar-refractivity contribution in [2.24, 2.45) is 0 Å². The molecule has 0 unspecified atom stereocenters. The topological polar surface area (TPSA) is 17.1 Å². The number of alkyl halides is 4. The van der Waals surface area contributed by atoms with Crippen molar-refractivity contribution in [2.45, 2.75) is 6.18 Å². The maximum Gasteiger partial charge on any atom is 0.417 e. The van der Waals surface area contributed by atoms with Gasteiger partial charge < -0.3 is 0 Å². The molecule has 0 aromatic heterocycles. The van der Waals surface area contributed by atoms with Crippen LogP contribution in [-0.4, -0.2) is 11.6 Å². The summed E-state index contributed by atoms with van der Waals surface area (Å²) in [6.45, 7) is 0. The van der Waals surface area contributed by atoms with E-state index in [2.05, 4.69) is 27.8 Å². The van der Waals surface area contributed by atoms with Crippen LogP contribution in [-0.2, 0) is 6.18 Å². The second-order valence-corrected chi connectivity index (χ2v) is 3.41. The summed E-state index contributed by atoms with van der Waals surface area (Å²) in [6, 6.07) is 3.38. The van der Waals surface area contributed by atoms with Gasteiger partial charge in [0.2, 0.25) is 0 Å². The molecule has 0 aliphatic carbocycles. The van der Waals surface area contributed by atoms with E-state index in [1.165, 1.54) is 6.07 Å². The van der Waals surface area contributed by atoms with Crippen LogP contribution < -0.4 is 0 Å². The van der Waals surface area contributed by atoms with Crippen LogP contribution in [0.4, 0.5) is 13.2 Å². The van der Waals surface area contributed by atoms with Gasteiger partial charge in [0.05, 0.1) is 10.9 Å². The number of benzene rings is 1. The fourth-order valence-corrected chi connectivity index (χ4v) is 1.26. The van der Waals surface area contributed by atoms with Gasteiger partial charge >= 0.3 is 6.18 Å². The predicted molar refractivity (Wildman–Crippen MR) is 57.5 cm³/mol. The van der Waals surface area contributed by atoms with Crippen molar-refractivity contribution in [1.29, 1.82) is 0 Å². The SMILES string of the molecule is O=Cc1ccc(C#CCBr)cc1C(F)(F)F. The minimum absolute atomic E-state index is 0.185. The van der Waals surface area contributed by atoms with E-state index in [9.17, 15) is 18.0 Å². The Morgan fingerprint density at radius 3 is 2.56 bits per heavy atom. The zero-order valence-electron chi connectivity index (χ0n) is 7.94. The number of hydrogen-bond donors (Lipinski definition) is 0. The summed E-state index contributed by atoms with van der Waals surface area (Å²) in [6.07, 6.45) is -4.35. The van der Waals surface area contributed by atoms with Gasteiger partial charge in [-0.3, -0.25) is 4.79 Å². The van der Waals surface area contributed by atoms with Crippen molar-refractivity contribution < 1.29 is 18.0 Å². The van der Waals surface area contributed by atoms with Crippen LogP contribution in [0.2, 0.25) is 0 Å². The van der Waals surface area contributed by atoms with Gasteiger partial charge in [-0.2, -0.15) is 13.2 Å². The van der Waals surface area contributed by atoms with Crippen LogP contribution in [0.3, 0.4) is 0 Å². The van der Waals surface area contributed by atoms with Crippen LogP contribution in [0.25, 0.3) is 0 Å². The van der Waals surface area contributed by atoms with E-state index in [-0.39, 0.29) is 17.4 Å². The molecule has 5 heteroatoms. The first-order chi connectivity index (χ1) is 7.49. The zero-order valence-corrected chi connectivity index (χ0v) is 9.52. The molecular formula is C11H6BrF3O. The molecule has 0 saturated heterocycles. The van der Waals surface area contributed by atoms with Crippen molar-refractivity contribution in [3.05, 3.63) is 34.9 Å². The molecule has 0 saturated carbocycles. The second-order valence-electron chi connectivity index (χ2n) is 2.85. The standard InChI is InChI=1S/C11H6BrF3O/c12-5-1-2-8-3-4-9(7-16)10(6-8)11(13,14)15/h3-4,6-7H,5H2. The summed E-state index contributed by atoms with van der Waals surface area (Å²) >= 11 is 3.04. The Bertz CT molecular complexity index is 455. The first kappa shape index (κ1) is 12.8. The average Bonchev–Trinajstić information content (AvgIpc) is 2.24. The van der Waals surface area contributed by atoms with Gasteiger partial charge in [0, 0.05) is 11.1 Å². The maximum absolute atomic E-state index is 12.5. The third kappa shape index (κ3) is 3.11. The Balaban J connectivity index is 3.27. The lowest BCUT2D eigenvalue weighted by Crippen LogP contribution is -2.09. The summed E-state index contributed by atoms with van der Waals surface area (Å²) in [4.78, 5) is 10.5. The summed E-state index contributed by atoms with van der Waals surface area (Å²) in [5.74, 6) is 5.14. The highest BCUT2D eigenvalue weighted by atomic mass is 79.9. The molecule has 1 aromatic carbocycles. The van der Waals surface area contributed by atoms with E-state index in [1.807, 2.05) is 0 Å². The Morgan fingerprint density at radius 2 is 2.06 bits per heavy atom. The summed E-state index contributed by atoms with van der Waals surface area (Å²) in [5, 5.41) is 0.379. The third-order valence-corrected chi connectivity index (χ3v) is 2.07. The highest BCUT2D eigenvalue weighted by Crippen LogP contribution is 2.31. The molecule has 0 aliphatic heterocycles. The van der Waals surface area contributed by atoms with E-state index < -0.39 is 11.7 Å². The Morgan fingerprint density at radius 1 is 1.38 bits per heavy atom. The lowest BCUT2D eigenvalue weighted by atomic mass is 10.0. The fourth-order valence-electron chi connectivity index (χ4n) is 1.12. The highest BCUT2D eigenvalue weighted by molar-refractivity contribution is 9.09. The molecule has 1 rings (SSSR count). The highest BCUT2D eigenvalue weighted by Gasteiger charge is 2.33. The molecule has 1 aromatic rings. The number of carbonyl (C=O) groups excluding carboxylic acids is 1. The van der Waals surface area contributed by atoms with E-state index >= 15 is 0 Å². The first-order valence-corrected chi connectivity index (χ1v) is 5.32. The number of rotatable bonds is 1. The second kappa shape index (κ2) is 5.17. The Hall–Kier alpha value is -1.28. The number of carbonyl (C=O) groups is 1. The van der Waals surface area contributed by atoms with Crippen LogP contribution in [0.15, 0.2) is 18.2 Å². The molecule has 0 fully saturated rings. The molecule has 0 radical (unpaired) electrons. The monoisotopic (exact) mass is 290 g/mol. The van der Waals surface area contributed by atoms with Crippen LogP contribution in [0.5, 0.6) is 0 Å². The van der Waals surface area contributed by atoms with Crippen molar-refractivity contribution >= 4 is 22.2 Å². The lowest BCUT2D eigenvalue weighted by molar-refractivity contribution is -0.137. The Kier molecular flexibility index (Phi) is 4.13. The minimum Gasteiger partial charge on any atom is -0.298 e. The van der Waals surface area contributed by atoms with Crippen LogP contribution in [0.1, 0.15) is 21.5 Å². The number of hydrogen-bond acceptors (Lipinski definition) is 1. The average molecular weight is 291 g/mol. The van der Waals surface area contributed by atoms with Crippen LogP contribution >= 0.6 is 15.9 Å². The molecule has 0 bridgehead atoms.